The van der Waals surface area contributed by atoms with Crippen LogP contribution in [0.1, 0.15) is 31.9 Å². The molecule has 0 fully saturated rings. The average Bonchev–Trinajstić information content (AvgIpc) is 2.32. The number of carbonyl (C=O) groups is 1. The second-order valence-electron chi connectivity index (χ2n) is 5.34. The summed E-state index contributed by atoms with van der Waals surface area (Å²) in [5, 5.41) is 2.47. The Morgan fingerprint density at radius 1 is 1.29 bits per heavy atom. The van der Waals surface area contributed by atoms with Crippen LogP contribution in [-0.2, 0) is 17.5 Å². The first kappa shape index (κ1) is 17.5. The first-order valence-electron chi connectivity index (χ1n) is 6.10. The van der Waals surface area contributed by atoms with Crippen LogP contribution in [0.3, 0.4) is 0 Å². The van der Waals surface area contributed by atoms with E-state index in [-0.39, 0.29) is 12.2 Å². The van der Waals surface area contributed by atoms with Crippen molar-refractivity contribution in [2.75, 3.05) is 4.72 Å². The van der Waals surface area contributed by atoms with Gasteiger partial charge in [-0.15, -0.1) is 0 Å². The monoisotopic (exact) mass is 322 g/mol. The first-order valence-corrected chi connectivity index (χ1v) is 6.55. The van der Waals surface area contributed by atoms with E-state index in [1.807, 2.05) is 0 Å². The Morgan fingerprint density at radius 2 is 1.90 bits per heavy atom. The molecular formula is C13H17F3N2O2S. The van der Waals surface area contributed by atoms with Crippen molar-refractivity contribution < 1.29 is 22.7 Å². The summed E-state index contributed by atoms with van der Waals surface area (Å²) < 4.78 is 45.3. The van der Waals surface area contributed by atoms with Gasteiger partial charge in [0.05, 0.1) is 11.3 Å². The number of carbonyl (C=O) groups excluding carboxylic acids is 1. The molecule has 21 heavy (non-hydrogen) atoms. The largest absolute Gasteiger partial charge is 0.444 e. The predicted molar refractivity (Wildman–Crippen MR) is 77.1 cm³/mol. The van der Waals surface area contributed by atoms with Crippen LogP contribution in [0.15, 0.2) is 18.2 Å². The molecule has 1 aromatic rings. The van der Waals surface area contributed by atoms with Gasteiger partial charge in [-0.1, -0.05) is 18.9 Å². The summed E-state index contributed by atoms with van der Waals surface area (Å²) in [4.78, 5) is 11.5. The lowest BCUT2D eigenvalue weighted by Crippen LogP contribution is -2.32. The van der Waals surface area contributed by atoms with Gasteiger partial charge in [-0.3, -0.25) is 0 Å². The minimum atomic E-state index is -4.47. The number of halogens is 3. The topological polar surface area (TPSA) is 50.4 Å². The lowest BCUT2D eigenvalue weighted by atomic mass is 10.1. The molecular weight excluding hydrogens is 305 g/mol. The fourth-order valence-electron chi connectivity index (χ4n) is 1.53. The maximum Gasteiger partial charge on any atom is 0.418 e. The Bertz CT molecular complexity index is 513. The Labute approximate surface area is 126 Å². The second-order valence-corrected chi connectivity index (χ2v) is 5.57. The summed E-state index contributed by atoms with van der Waals surface area (Å²) in [7, 11) is 0. The lowest BCUT2D eigenvalue weighted by Gasteiger charge is -2.20. The molecule has 0 spiro atoms. The molecule has 118 valence electrons. The van der Waals surface area contributed by atoms with E-state index < -0.39 is 23.4 Å². The molecule has 2 N–H and O–H groups in total. The van der Waals surface area contributed by atoms with Gasteiger partial charge in [0.15, 0.2) is 0 Å². The first-order chi connectivity index (χ1) is 9.53. The number of alkyl carbamates (subject to hydrolysis) is 1. The van der Waals surface area contributed by atoms with E-state index >= 15 is 0 Å². The van der Waals surface area contributed by atoms with Crippen molar-refractivity contribution in [1.29, 1.82) is 0 Å². The highest BCUT2D eigenvalue weighted by atomic mass is 32.1. The SMILES string of the molecule is CC(C)(C)OC(=O)NCc1ccc(C(F)(F)F)c(NS)c1. The molecule has 0 heterocycles. The third kappa shape index (κ3) is 5.74. The van der Waals surface area contributed by atoms with E-state index in [9.17, 15) is 18.0 Å². The van der Waals surface area contributed by atoms with Gasteiger partial charge in [0.25, 0.3) is 0 Å². The van der Waals surface area contributed by atoms with Crippen LogP contribution in [0, 0.1) is 0 Å². The number of hydrogen-bond acceptors (Lipinski definition) is 4. The lowest BCUT2D eigenvalue weighted by molar-refractivity contribution is -0.136. The van der Waals surface area contributed by atoms with Gasteiger partial charge < -0.3 is 14.8 Å². The second kappa shape index (κ2) is 6.46. The molecule has 0 unspecified atom stereocenters. The number of nitrogens with one attached hydrogen (secondary N) is 2. The van der Waals surface area contributed by atoms with Crippen LogP contribution in [0.25, 0.3) is 0 Å². The highest BCUT2D eigenvalue weighted by Crippen LogP contribution is 2.35. The van der Waals surface area contributed by atoms with Crippen molar-refractivity contribution in [1.82, 2.24) is 5.32 Å². The van der Waals surface area contributed by atoms with Gasteiger partial charge in [0, 0.05) is 6.54 Å². The maximum absolute atomic E-state index is 12.7. The molecule has 0 aliphatic heterocycles. The summed E-state index contributed by atoms with van der Waals surface area (Å²) in [6.07, 6.45) is -5.11. The molecule has 0 aromatic heterocycles. The fraction of sp³-hybridized carbons (Fsp3) is 0.462. The molecule has 1 aromatic carbocycles. The maximum atomic E-state index is 12.7. The standard InChI is InChI=1S/C13H17F3N2O2S/c1-12(2,3)20-11(19)17-7-8-4-5-9(13(14,15)16)10(6-8)18-21/h4-6,18,21H,7H2,1-3H3,(H,17,19). The van der Waals surface area contributed by atoms with Crippen LogP contribution in [0.2, 0.25) is 0 Å². The molecule has 0 atom stereocenters. The van der Waals surface area contributed by atoms with Crippen molar-refractivity contribution in [2.45, 2.75) is 39.1 Å². The van der Waals surface area contributed by atoms with Crippen molar-refractivity contribution in [3.05, 3.63) is 29.3 Å². The molecule has 0 saturated heterocycles. The van der Waals surface area contributed by atoms with Crippen molar-refractivity contribution in [3.8, 4) is 0 Å². The number of hydrogen-bond donors (Lipinski definition) is 3. The van der Waals surface area contributed by atoms with Gasteiger partial charge in [-0.2, -0.15) is 13.2 Å². The van der Waals surface area contributed by atoms with Crippen molar-refractivity contribution >= 4 is 24.6 Å². The number of benzene rings is 1. The predicted octanol–water partition coefficient (Wildman–Crippen LogP) is 3.99. The average molecular weight is 322 g/mol. The van der Waals surface area contributed by atoms with Crippen LogP contribution in [0.5, 0.6) is 0 Å². The summed E-state index contributed by atoms with van der Waals surface area (Å²) in [6, 6.07) is 3.49. The third-order valence-corrected chi connectivity index (χ3v) is 2.59. The van der Waals surface area contributed by atoms with Crippen LogP contribution in [0.4, 0.5) is 23.7 Å². The Hall–Kier alpha value is -1.57. The summed E-state index contributed by atoms with van der Waals surface area (Å²) in [5.41, 5.74) is -1.14. The highest BCUT2D eigenvalue weighted by Gasteiger charge is 2.33. The van der Waals surface area contributed by atoms with Crippen LogP contribution >= 0.6 is 12.8 Å². The van der Waals surface area contributed by atoms with E-state index in [4.69, 9.17) is 4.74 Å². The van der Waals surface area contributed by atoms with E-state index in [0.717, 1.165) is 6.07 Å². The summed E-state index contributed by atoms with van der Waals surface area (Å²) in [5.74, 6) is 0. The Kier molecular flexibility index (Phi) is 5.38. The zero-order valence-electron chi connectivity index (χ0n) is 11.8. The van der Waals surface area contributed by atoms with Gasteiger partial charge in [-0.25, -0.2) is 4.79 Å². The van der Waals surface area contributed by atoms with Crippen LogP contribution in [-0.4, -0.2) is 11.7 Å². The molecule has 4 nitrogen and oxygen atoms in total. The number of alkyl halides is 3. The zero-order valence-corrected chi connectivity index (χ0v) is 12.7. The summed E-state index contributed by atoms with van der Waals surface area (Å²) in [6.45, 7) is 5.20. The smallest absolute Gasteiger partial charge is 0.418 e. The molecule has 1 amide bonds. The molecule has 0 saturated carbocycles. The molecule has 1 rings (SSSR count). The van der Waals surface area contributed by atoms with Crippen molar-refractivity contribution in [3.63, 3.8) is 0 Å². The number of ether oxygens (including phenoxy) is 1. The Morgan fingerprint density at radius 3 is 2.38 bits per heavy atom. The Balaban J connectivity index is 2.76. The van der Waals surface area contributed by atoms with Gasteiger partial charge in [-0.05, 0) is 38.5 Å². The molecule has 8 heteroatoms. The van der Waals surface area contributed by atoms with Crippen LogP contribution < -0.4 is 10.0 Å². The van der Waals surface area contributed by atoms with E-state index in [0.29, 0.717) is 5.56 Å². The third-order valence-electron chi connectivity index (χ3n) is 2.35. The molecule has 0 bridgehead atoms. The quantitative estimate of drug-likeness (QED) is 0.738. The summed E-state index contributed by atoms with van der Waals surface area (Å²) >= 11 is 3.66. The molecule has 0 radical (unpaired) electrons. The van der Waals surface area contributed by atoms with E-state index in [1.54, 1.807) is 20.8 Å². The van der Waals surface area contributed by atoms with Gasteiger partial charge >= 0.3 is 12.3 Å². The number of anilines is 1. The number of amides is 1. The fourth-order valence-corrected chi connectivity index (χ4v) is 1.71. The molecule has 0 aliphatic rings. The minimum absolute atomic E-state index is 0.0511. The number of rotatable bonds is 3. The zero-order chi connectivity index (χ0) is 16.3. The van der Waals surface area contributed by atoms with Gasteiger partial charge in [0.1, 0.15) is 5.60 Å². The van der Waals surface area contributed by atoms with E-state index in [2.05, 4.69) is 22.9 Å². The van der Waals surface area contributed by atoms with Crippen molar-refractivity contribution in [2.24, 2.45) is 0 Å². The van der Waals surface area contributed by atoms with Gasteiger partial charge in [0.2, 0.25) is 0 Å². The molecule has 0 aliphatic carbocycles. The van der Waals surface area contributed by atoms with E-state index in [1.165, 1.54) is 12.1 Å². The number of thiol groups is 1. The minimum Gasteiger partial charge on any atom is -0.444 e. The highest BCUT2D eigenvalue weighted by molar-refractivity contribution is 7.81. The normalized spacial score (nSPS) is 12.0.